The first kappa shape index (κ1) is 11.5. The summed E-state index contributed by atoms with van der Waals surface area (Å²) in [6.45, 7) is 3.30. The minimum absolute atomic E-state index is 0.0202. The Balaban J connectivity index is 2.61. The average molecular weight is 226 g/mol. The predicted octanol–water partition coefficient (Wildman–Crippen LogP) is 2.60. The van der Waals surface area contributed by atoms with E-state index in [2.05, 4.69) is 0 Å². The van der Waals surface area contributed by atoms with Gasteiger partial charge in [0.2, 0.25) is 0 Å². The third-order valence-electron chi connectivity index (χ3n) is 3.16. The normalized spacial score (nSPS) is 23.4. The highest BCUT2D eigenvalue weighted by Crippen LogP contribution is 2.32. The van der Waals surface area contributed by atoms with Crippen LogP contribution in [0.25, 0.3) is 0 Å². The van der Waals surface area contributed by atoms with Crippen molar-refractivity contribution in [3.05, 3.63) is 59.7 Å². The van der Waals surface area contributed by atoms with Gasteiger partial charge in [0.05, 0.1) is 5.41 Å². The van der Waals surface area contributed by atoms with Crippen LogP contribution in [0.3, 0.4) is 0 Å². The minimum Gasteiger partial charge on any atom is -0.298 e. The van der Waals surface area contributed by atoms with E-state index in [9.17, 15) is 9.59 Å². The molecule has 1 aromatic rings. The Morgan fingerprint density at radius 1 is 1.18 bits per heavy atom. The zero-order valence-electron chi connectivity index (χ0n) is 9.94. The summed E-state index contributed by atoms with van der Waals surface area (Å²) in [5.41, 5.74) is 0.737. The molecule has 0 aromatic heterocycles. The second kappa shape index (κ2) is 4.13. The van der Waals surface area contributed by atoms with Gasteiger partial charge in [0, 0.05) is 0 Å². The van der Waals surface area contributed by atoms with Crippen LogP contribution in [0.15, 0.2) is 54.1 Å². The molecule has 0 saturated carbocycles. The fourth-order valence-electron chi connectivity index (χ4n) is 2.12. The van der Waals surface area contributed by atoms with Gasteiger partial charge in [0.15, 0.2) is 5.78 Å². The van der Waals surface area contributed by atoms with Gasteiger partial charge in [0.1, 0.15) is 5.78 Å². The largest absolute Gasteiger partial charge is 0.298 e. The molecule has 0 aliphatic heterocycles. The molecule has 2 nitrogen and oxygen atoms in total. The summed E-state index contributed by atoms with van der Waals surface area (Å²) in [5.74, 6) is -0.00962. The highest BCUT2D eigenvalue weighted by atomic mass is 16.1. The van der Waals surface area contributed by atoms with E-state index in [0.29, 0.717) is 5.57 Å². The molecule has 1 aliphatic carbocycles. The molecule has 0 fully saturated rings. The van der Waals surface area contributed by atoms with E-state index < -0.39 is 5.41 Å². The van der Waals surface area contributed by atoms with E-state index in [-0.39, 0.29) is 11.6 Å². The van der Waals surface area contributed by atoms with E-state index in [1.54, 1.807) is 26.0 Å². The topological polar surface area (TPSA) is 34.1 Å². The molecule has 17 heavy (non-hydrogen) atoms. The maximum Gasteiger partial charge on any atom is 0.181 e. The fourth-order valence-corrected chi connectivity index (χ4v) is 2.12. The molecule has 0 amide bonds. The lowest BCUT2D eigenvalue weighted by Crippen LogP contribution is -2.32. The smallest absolute Gasteiger partial charge is 0.181 e. The Bertz CT molecular complexity index is 523. The molecule has 2 rings (SSSR count). The lowest BCUT2D eigenvalue weighted by molar-refractivity contribution is -0.119. The van der Waals surface area contributed by atoms with Crippen molar-refractivity contribution in [2.45, 2.75) is 19.3 Å². The molecule has 0 bridgehead atoms. The Labute approximate surface area is 101 Å². The van der Waals surface area contributed by atoms with Crippen molar-refractivity contribution in [2.24, 2.45) is 0 Å². The molecule has 1 aliphatic rings. The summed E-state index contributed by atoms with van der Waals surface area (Å²) >= 11 is 0. The number of Topliss-reactive ketones (excluding diaryl/α,β-unsaturated/α-hetero) is 1. The minimum atomic E-state index is -0.779. The van der Waals surface area contributed by atoms with Crippen LogP contribution in [-0.2, 0) is 15.0 Å². The van der Waals surface area contributed by atoms with Crippen molar-refractivity contribution in [1.29, 1.82) is 0 Å². The van der Waals surface area contributed by atoms with E-state index in [1.807, 2.05) is 30.3 Å². The van der Waals surface area contributed by atoms with Gasteiger partial charge in [-0.15, -0.1) is 0 Å². The van der Waals surface area contributed by atoms with E-state index >= 15 is 0 Å². The van der Waals surface area contributed by atoms with Crippen molar-refractivity contribution in [2.75, 3.05) is 0 Å². The van der Waals surface area contributed by atoms with Crippen LogP contribution in [-0.4, -0.2) is 11.6 Å². The fraction of sp³-hybridized carbons (Fsp3) is 0.200. The third kappa shape index (κ3) is 1.86. The number of hydrogen-bond donors (Lipinski definition) is 0. The van der Waals surface area contributed by atoms with Crippen molar-refractivity contribution in [1.82, 2.24) is 0 Å². The molecule has 0 N–H and O–H groups in total. The first-order valence-corrected chi connectivity index (χ1v) is 5.56. The monoisotopic (exact) mass is 226 g/mol. The molecular weight excluding hydrogens is 212 g/mol. The van der Waals surface area contributed by atoms with Crippen LogP contribution in [0.2, 0.25) is 0 Å². The first-order valence-electron chi connectivity index (χ1n) is 5.56. The van der Waals surface area contributed by atoms with E-state index in [4.69, 9.17) is 0 Å². The number of ketones is 2. The van der Waals surface area contributed by atoms with Crippen LogP contribution in [0, 0.1) is 0 Å². The molecule has 1 aromatic carbocycles. The van der Waals surface area contributed by atoms with Gasteiger partial charge < -0.3 is 0 Å². The van der Waals surface area contributed by atoms with Crippen LogP contribution in [0.5, 0.6) is 0 Å². The molecular formula is C15H14O2. The Morgan fingerprint density at radius 3 is 2.35 bits per heavy atom. The highest BCUT2D eigenvalue weighted by molar-refractivity contribution is 6.08. The van der Waals surface area contributed by atoms with Crippen LogP contribution in [0.1, 0.15) is 19.4 Å². The lowest BCUT2D eigenvalue weighted by Gasteiger charge is -2.28. The quantitative estimate of drug-likeness (QED) is 0.776. The average Bonchev–Trinajstić information content (AvgIpc) is 2.33. The summed E-state index contributed by atoms with van der Waals surface area (Å²) in [6, 6.07) is 9.52. The highest BCUT2D eigenvalue weighted by Gasteiger charge is 2.35. The van der Waals surface area contributed by atoms with Gasteiger partial charge in [-0.2, -0.15) is 0 Å². The third-order valence-corrected chi connectivity index (χ3v) is 3.16. The Hall–Kier alpha value is -1.96. The van der Waals surface area contributed by atoms with Crippen LogP contribution in [0.4, 0.5) is 0 Å². The van der Waals surface area contributed by atoms with E-state index in [1.165, 1.54) is 6.08 Å². The second-order valence-corrected chi connectivity index (χ2v) is 4.32. The Morgan fingerprint density at radius 2 is 1.82 bits per heavy atom. The zero-order valence-corrected chi connectivity index (χ0v) is 9.94. The van der Waals surface area contributed by atoms with Crippen molar-refractivity contribution in [3.63, 3.8) is 0 Å². The molecule has 1 unspecified atom stereocenters. The van der Waals surface area contributed by atoms with Gasteiger partial charge in [0.25, 0.3) is 0 Å². The summed E-state index contributed by atoms with van der Waals surface area (Å²) in [7, 11) is 0. The maximum absolute atomic E-state index is 12.0. The molecule has 0 radical (unpaired) electrons. The number of carbonyl (C=O) groups is 2. The summed E-state index contributed by atoms with van der Waals surface area (Å²) < 4.78 is 0. The summed E-state index contributed by atoms with van der Waals surface area (Å²) in [6.07, 6.45) is 4.94. The maximum atomic E-state index is 12.0. The number of benzene rings is 1. The number of hydrogen-bond acceptors (Lipinski definition) is 2. The number of rotatable bonds is 2. The number of carbonyl (C=O) groups excluding carboxylic acids is 2. The molecule has 1 atom stereocenters. The van der Waals surface area contributed by atoms with Crippen molar-refractivity contribution in [3.8, 4) is 0 Å². The standard InChI is InChI=1S/C15H14O2/c1-11-10-15(12(2)16,9-8-14(11)17)13-6-4-3-5-7-13/h3-10H,1-2H3. The van der Waals surface area contributed by atoms with Crippen molar-refractivity contribution < 1.29 is 9.59 Å². The summed E-state index contributed by atoms with van der Waals surface area (Å²) in [5, 5.41) is 0. The molecule has 86 valence electrons. The first-order chi connectivity index (χ1) is 8.06. The lowest BCUT2D eigenvalue weighted by atomic mass is 9.73. The molecule has 0 saturated heterocycles. The second-order valence-electron chi connectivity index (χ2n) is 4.32. The van der Waals surface area contributed by atoms with Gasteiger partial charge >= 0.3 is 0 Å². The SMILES string of the molecule is CC(=O)C1(c2ccccc2)C=CC(=O)C(C)=C1. The summed E-state index contributed by atoms with van der Waals surface area (Å²) in [4.78, 5) is 23.4. The number of allylic oxidation sites excluding steroid dienone is 4. The van der Waals surface area contributed by atoms with E-state index in [0.717, 1.165) is 5.56 Å². The van der Waals surface area contributed by atoms with Gasteiger partial charge in [-0.1, -0.05) is 42.5 Å². The van der Waals surface area contributed by atoms with Crippen molar-refractivity contribution >= 4 is 11.6 Å². The van der Waals surface area contributed by atoms with Gasteiger partial charge in [-0.3, -0.25) is 9.59 Å². The molecule has 0 heterocycles. The van der Waals surface area contributed by atoms with Gasteiger partial charge in [-0.05, 0) is 31.1 Å². The molecule has 2 heteroatoms. The Kier molecular flexibility index (Phi) is 2.80. The predicted molar refractivity (Wildman–Crippen MR) is 66.7 cm³/mol. The molecule has 0 spiro atoms. The van der Waals surface area contributed by atoms with Crippen LogP contribution < -0.4 is 0 Å². The zero-order chi connectivity index (χ0) is 12.5. The van der Waals surface area contributed by atoms with Gasteiger partial charge in [-0.25, -0.2) is 0 Å². The van der Waals surface area contributed by atoms with Crippen LogP contribution >= 0.6 is 0 Å².